The highest BCUT2D eigenvalue weighted by molar-refractivity contribution is 5.72. The fraction of sp³-hybridized carbons (Fsp3) is 0.385. The Morgan fingerprint density at radius 1 is 1.26 bits per heavy atom. The van der Waals surface area contributed by atoms with Crippen molar-refractivity contribution in [3.05, 3.63) is 18.2 Å². The van der Waals surface area contributed by atoms with E-state index in [0.717, 1.165) is 18.7 Å². The first kappa shape index (κ1) is 11.8. The summed E-state index contributed by atoms with van der Waals surface area (Å²) in [6.45, 7) is 1.94. The van der Waals surface area contributed by atoms with Gasteiger partial charge in [-0.15, -0.1) is 5.10 Å². The van der Waals surface area contributed by atoms with Crippen LogP contribution in [0.25, 0.3) is 11.5 Å². The molecule has 2 aromatic rings. The molecule has 0 aliphatic carbocycles. The van der Waals surface area contributed by atoms with Crippen LogP contribution in [-0.2, 0) is 0 Å². The summed E-state index contributed by atoms with van der Waals surface area (Å²) in [5, 5.41) is 8.15. The largest absolute Gasteiger partial charge is 0.497 e. The highest BCUT2D eigenvalue weighted by Gasteiger charge is 2.19. The lowest BCUT2D eigenvalue weighted by molar-refractivity contribution is 0.415. The third kappa shape index (κ3) is 2.21. The number of methoxy groups -OCH3 is 1. The van der Waals surface area contributed by atoms with Gasteiger partial charge in [-0.05, 0) is 25.0 Å². The molecule has 2 N–H and O–H groups in total. The van der Waals surface area contributed by atoms with Crippen LogP contribution in [0.4, 0.5) is 11.7 Å². The Morgan fingerprint density at radius 2 is 2.05 bits per heavy atom. The summed E-state index contributed by atoms with van der Waals surface area (Å²) < 4.78 is 10.8. The normalized spacial score (nSPS) is 14.9. The Bertz CT molecular complexity index is 576. The lowest BCUT2D eigenvalue weighted by Crippen LogP contribution is -2.17. The van der Waals surface area contributed by atoms with Crippen molar-refractivity contribution < 1.29 is 9.15 Å². The average molecular weight is 260 g/mol. The van der Waals surface area contributed by atoms with Crippen molar-refractivity contribution in [2.24, 2.45) is 0 Å². The highest BCUT2D eigenvalue weighted by atomic mass is 16.5. The van der Waals surface area contributed by atoms with Crippen LogP contribution >= 0.6 is 0 Å². The predicted octanol–water partition coefficient (Wildman–Crippen LogP) is 1.93. The Hall–Kier alpha value is -2.24. The minimum absolute atomic E-state index is 0.446. The third-order valence-electron chi connectivity index (χ3n) is 3.28. The number of ether oxygens (including phenoxy) is 1. The number of anilines is 2. The van der Waals surface area contributed by atoms with Crippen molar-refractivity contribution in [1.29, 1.82) is 0 Å². The van der Waals surface area contributed by atoms with Gasteiger partial charge in [-0.3, -0.25) is 0 Å². The molecule has 1 fully saturated rings. The maximum atomic E-state index is 5.97. The lowest BCUT2D eigenvalue weighted by Gasteiger charge is -2.10. The van der Waals surface area contributed by atoms with Crippen LogP contribution < -0.4 is 15.4 Å². The van der Waals surface area contributed by atoms with E-state index in [1.54, 1.807) is 13.2 Å². The molecule has 0 atom stereocenters. The minimum Gasteiger partial charge on any atom is -0.497 e. The molecular formula is C13H16N4O2. The molecule has 6 nitrogen and oxygen atoms in total. The first-order valence-electron chi connectivity index (χ1n) is 6.30. The molecule has 0 unspecified atom stereocenters. The molecule has 2 heterocycles. The first-order chi connectivity index (χ1) is 9.28. The predicted molar refractivity (Wildman–Crippen MR) is 72.1 cm³/mol. The van der Waals surface area contributed by atoms with E-state index in [1.165, 1.54) is 12.8 Å². The quantitative estimate of drug-likeness (QED) is 0.850. The molecular weight excluding hydrogens is 244 g/mol. The number of benzene rings is 1. The summed E-state index contributed by atoms with van der Waals surface area (Å²) in [7, 11) is 1.60. The molecule has 1 aromatic carbocycles. The molecule has 19 heavy (non-hydrogen) atoms. The zero-order valence-corrected chi connectivity index (χ0v) is 10.8. The number of aromatic nitrogens is 2. The Morgan fingerprint density at radius 3 is 2.74 bits per heavy atom. The van der Waals surface area contributed by atoms with Gasteiger partial charge in [0.15, 0.2) is 0 Å². The summed E-state index contributed by atoms with van der Waals surface area (Å²) in [5.41, 5.74) is 7.27. The molecule has 1 aliphatic rings. The van der Waals surface area contributed by atoms with Crippen LogP contribution in [-0.4, -0.2) is 30.4 Å². The molecule has 0 spiro atoms. The Labute approximate surface area is 111 Å². The summed E-state index contributed by atoms with van der Waals surface area (Å²) in [6.07, 6.45) is 2.34. The lowest BCUT2D eigenvalue weighted by atomic mass is 10.2. The van der Waals surface area contributed by atoms with E-state index in [1.807, 2.05) is 12.1 Å². The molecule has 1 aliphatic heterocycles. The smallest absolute Gasteiger partial charge is 0.318 e. The van der Waals surface area contributed by atoms with Crippen molar-refractivity contribution in [3.8, 4) is 17.2 Å². The van der Waals surface area contributed by atoms with Crippen molar-refractivity contribution in [3.63, 3.8) is 0 Å². The molecule has 100 valence electrons. The fourth-order valence-corrected chi connectivity index (χ4v) is 2.22. The second-order valence-corrected chi connectivity index (χ2v) is 4.54. The monoisotopic (exact) mass is 260 g/mol. The van der Waals surface area contributed by atoms with E-state index in [2.05, 4.69) is 15.1 Å². The van der Waals surface area contributed by atoms with E-state index < -0.39 is 0 Å². The average Bonchev–Trinajstić information content (AvgIpc) is 3.09. The second kappa shape index (κ2) is 4.79. The van der Waals surface area contributed by atoms with E-state index in [4.69, 9.17) is 14.9 Å². The van der Waals surface area contributed by atoms with Crippen LogP contribution in [0.5, 0.6) is 5.75 Å². The molecule has 3 rings (SSSR count). The summed E-state index contributed by atoms with van der Waals surface area (Å²) in [6, 6.07) is 5.97. The van der Waals surface area contributed by atoms with Crippen LogP contribution in [0.3, 0.4) is 0 Å². The standard InChI is InChI=1S/C13H16N4O2/c1-18-9-4-5-10(11(14)8-9)12-15-16-13(19-12)17-6-2-3-7-17/h4-5,8H,2-3,6-7,14H2,1H3. The summed E-state index contributed by atoms with van der Waals surface area (Å²) in [5.74, 6) is 1.16. The SMILES string of the molecule is COc1ccc(-c2nnc(N3CCCC3)o2)c(N)c1. The van der Waals surface area contributed by atoms with Gasteiger partial charge in [-0.25, -0.2) is 0 Å². The fourth-order valence-electron chi connectivity index (χ4n) is 2.22. The van der Waals surface area contributed by atoms with Gasteiger partial charge in [0.1, 0.15) is 5.75 Å². The van der Waals surface area contributed by atoms with Crippen LogP contribution in [0.15, 0.2) is 22.6 Å². The van der Waals surface area contributed by atoms with Crippen molar-refractivity contribution >= 4 is 11.7 Å². The maximum absolute atomic E-state index is 5.97. The van der Waals surface area contributed by atoms with E-state index in [9.17, 15) is 0 Å². The van der Waals surface area contributed by atoms with Gasteiger partial charge in [0.25, 0.3) is 5.89 Å². The third-order valence-corrected chi connectivity index (χ3v) is 3.28. The zero-order chi connectivity index (χ0) is 13.2. The van der Waals surface area contributed by atoms with Gasteiger partial charge >= 0.3 is 6.01 Å². The van der Waals surface area contributed by atoms with Gasteiger partial charge in [-0.1, -0.05) is 5.10 Å². The molecule has 1 aromatic heterocycles. The van der Waals surface area contributed by atoms with Gasteiger partial charge in [0.05, 0.1) is 12.7 Å². The van der Waals surface area contributed by atoms with E-state index in [-0.39, 0.29) is 0 Å². The van der Waals surface area contributed by atoms with E-state index in [0.29, 0.717) is 23.3 Å². The van der Waals surface area contributed by atoms with Gasteiger partial charge < -0.3 is 19.8 Å². The van der Waals surface area contributed by atoms with Gasteiger partial charge in [-0.2, -0.15) is 0 Å². The van der Waals surface area contributed by atoms with Crippen LogP contribution in [0, 0.1) is 0 Å². The summed E-state index contributed by atoms with van der Waals surface area (Å²) in [4.78, 5) is 2.09. The minimum atomic E-state index is 0.446. The number of nitrogens with zero attached hydrogens (tertiary/aromatic N) is 3. The summed E-state index contributed by atoms with van der Waals surface area (Å²) >= 11 is 0. The zero-order valence-electron chi connectivity index (χ0n) is 10.8. The van der Waals surface area contributed by atoms with Gasteiger partial charge in [0, 0.05) is 24.8 Å². The number of hydrogen-bond acceptors (Lipinski definition) is 6. The maximum Gasteiger partial charge on any atom is 0.318 e. The molecule has 0 bridgehead atoms. The Kier molecular flexibility index (Phi) is 2.98. The molecule has 1 saturated heterocycles. The molecule has 0 amide bonds. The number of nitrogen functional groups attached to an aromatic ring is 1. The highest BCUT2D eigenvalue weighted by Crippen LogP contribution is 2.30. The van der Waals surface area contributed by atoms with Crippen molar-refractivity contribution in [2.45, 2.75) is 12.8 Å². The number of hydrogen-bond donors (Lipinski definition) is 1. The van der Waals surface area contributed by atoms with Crippen molar-refractivity contribution in [1.82, 2.24) is 10.2 Å². The topological polar surface area (TPSA) is 77.4 Å². The first-order valence-corrected chi connectivity index (χ1v) is 6.30. The second-order valence-electron chi connectivity index (χ2n) is 4.54. The van der Waals surface area contributed by atoms with Crippen LogP contribution in [0.2, 0.25) is 0 Å². The van der Waals surface area contributed by atoms with E-state index >= 15 is 0 Å². The van der Waals surface area contributed by atoms with Gasteiger partial charge in [0.2, 0.25) is 0 Å². The van der Waals surface area contributed by atoms with Crippen LogP contribution in [0.1, 0.15) is 12.8 Å². The number of nitrogens with two attached hydrogens (primary N) is 1. The molecule has 0 radical (unpaired) electrons. The number of rotatable bonds is 3. The molecule has 0 saturated carbocycles. The Balaban J connectivity index is 1.89. The molecule has 6 heteroatoms. The van der Waals surface area contributed by atoms with Crippen molar-refractivity contribution in [2.75, 3.05) is 30.8 Å².